The Kier molecular flexibility index (Phi) is 19.5. The summed E-state index contributed by atoms with van der Waals surface area (Å²) >= 11 is 1.74. The molecule has 0 spiro atoms. The van der Waals surface area contributed by atoms with Crippen molar-refractivity contribution in [1.82, 2.24) is 0 Å². The van der Waals surface area contributed by atoms with Crippen LogP contribution < -0.4 is 24.8 Å². The van der Waals surface area contributed by atoms with Crippen molar-refractivity contribution in [2.45, 2.75) is 169 Å². The van der Waals surface area contributed by atoms with E-state index in [1.165, 1.54) is 151 Å². The van der Waals surface area contributed by atoms with E-state index >= 15 is 0 Å². The minimum absolute atomic E-state index is 0. The van der Waals surface area contributed by atoms with Gasteiger partial charge in [-0.1, -0.05) is 276 Å². The molecule has 8 aromatic rings. The molecular weight excluding hydrogens is 1030 g/mol. The zero-order chi connectivity index (χ0) is 51.8. The summed E-state index contributed by atoms with van der Waals surface area (Å²) in [5.41, 5.74) is 20.1. The first kappa shape index (κ1) is 59.5. The van der Waals surface area contributed by atoms with Crippen LogP contribution in [0.2, 0.25) is 13.1 Å². The molecule has 0 heterocycles. The van der Waals surface area contributed by atoms with E-state index in [0.717, 1.165) is 11.8 Å². The van der Waals surface area contributed by atoms with Crippen LogP contribution >= 0.6 is 0 Å². The number of halogens is 2. The van der Waals surface area contributed by atoms with Crippen LogP contribution in [0, 0.1) is 11.8 Å². The normalized spacial score (nSPS) is 14.2. The van der Waals surface area contributed by atoms with Crippen molar-refractivity contribution in [3.8, 4) is 44.5 Å². The minimum atomic E-state index is 0. The Morgan fingerprint density at radius 1 is 0.392 bits per heavy atom. The Morgan fingerprint density at radius 3 is 0.838 bits per heavy atom. The van der Waals surface area contributed by atoms with Gasteiger partial charge in [0.05, 0.1) is 0 Å². The molecule has 0 bridgehead atoms. The molecule has 2 fully saturated rings. The average Bonchev–Trinajstić information content (AvgIpc) is 3.92. The fraction of sp³-hybridized carbons (Fsp3) is 0.400. The topological polar surface area (TPSA) is 0 Å². The molecule has 388 valence electrons. The monoisotopic (exact) mass is 1110 g/mol. The molecule has 0 radical (unpaired) electrons. The van der Waals surface area contributed by atoms with Gasteiger partial charge in [-0.15, -0.1) is 44.8 Å². The second kappa shape index (κ2) is 24.3. The first-order valence-corrected chi connectivity index (χ1v) is 33.5. The van der Waals surface area contributed by atoms with Crippen LogP contribution in [0.4, 0.5) is 0 Å². The minimum Gasteiger partial charge on any atom is -1.00 e. The molecule has 2 aliphatic carbocycles. The molecule has 74 heavy (non-hydrogen) atoms. The Balaban J connectivity index is 0.000000219. The van der Waals surface area contributed by atoms with Crippen LogP contribution in [0.5, 0.6) is 0 Å². The number of benzene rings is 6. The van der Waals surface area contributed by atoms with Crippen molar-refractivity contribution >= 4 is 27.0 Å². The molecule has 2 saturated carbocycles. The van der Waals surface area contributed by atoms with Gasteiger partial charge in [0.15, 0.2) is 0 Å². The summed E-state index contributed by atoms with van der Waals surface area (Å²) in [6, 6.07) is 56.2. The third-order valence-electron chi connectivity index (χ3n) is 15.6. The van der Waals surface area contributed by atoms with Gasteiger partial charge >= 0.3 is 41.9 Å². The third kappa shape index (κ3) is 14.4. The summed E-state index contributed by atoms with van der Waals surface area (Å²) in [7, 11) is 0. The van der Waals surface area contributed by atoms with Crippen LogP contribution in [0.1, 0.15) is 155 Å². The molecule has 10 rings (SSSR count). The second-order valence-corrected chi connectivity index (χ2v) is 35.4. The maximum absolute atomic E-state index is 2.48. The summed E-state index contributed by atoms with van der Waals surface area (Å²) in [4.78, 5) is 0. The fourth-order valence-electron chi connectivity index (χ4n) is 10.6. The molecular formula is C70H84Cl2SiZr-2. The van der Waals surface area contributed by atoms with Gasteiger partial charge in [-0.05, 0) is 79.7 Å². The summed E-state index contributed by atoms with van der Waals surface area (Å²) in [6.07, 6.45) is 10.8. The van der Waals surface area contributed by atoms with E-state index in [9.17, 15) is 0 Å². The van der Waals surface area contributed by atoms with E-state index in [4.69, 9.17) is 0 Å². The summed E-state index contributed by atoms with van der Waals surface area (Å²) in [5.74, 6) is 1.75. The number of hydrogen-bond donors (Lipinski definition) is 0. The summed E-state index contributed by atoms with van der Waals surface area (Å²) < 4.78 is 0. The molecule has 0 aliphatic heterocycles. The SMILES string of the molecule is CC(C)(C)c1ccc(-c2ccc(-c3ccc(C(C)(C)C)cc3)c3[cH-]c(CC4CCC4)cc23)cc1.CC(C)(C)c1ccc(-c2ccc(-c3ccc(C(C)(C)C)cc3)c3[cH-]c(CC4CCC4)cc23)cc1.C[Si](C)=[Zr+2].[Cl-].[Cl-]. The number of fused-ring (bicyclic) bond motifs is 2. The predicted octanol–water partition coefficient (Wildman–Crippen LogP) is 14.5. The molecule has 0 aromatic heterocycles. The van der Waals surface area contributed by atoms with Gasteiger partial charge in [0, 0.05) is 0 Å². The molecule has 0 nitrogen and oxygen atoms in total. The quantitative estimate of drug-likeness (QED) is 0.105. The van der Waals surface area contributed by atoms with Gasteiger partial charge in [-0.3, -0.25) is 0 Å². The Hall–Kier alpha value is -3.78. The average molecular weight is 1120 g/mol. The smallest absolute Gasteiger partial charge is 1.00 e. The van der Waals surface area contributed by atoms with Crippen molar-refractivity contribution in [2.24, 2.45) is 11.8 Å². The maximum Gasteiger partial charge on any atom is -1.00 e. The molecule has 0 unspecified atom stereocenters. The zero-order valence-electron chi connectivity index (χ0n) is 47.4. The predicted molar refractivity (Wildman–Crippen MR) is 315 cm³/mol. The van der Waals surface area contributed by atoms with Gasteiger partial charge in [-0.2, -0.15) is 12.1 Å². The van der Waals surface area contributed by atoms with Crippen LogP contribution in [0.25, 0.3) is 66.1 Å². The first-order chi connectivity index (χ1) is 33.9. The second-order valence-electron chi connectivity index (χ2n) is 26.0. The molecule has 0 N–H and O–H groups in total. The van der Waals surface area contributed by atoms with Crippen molar-refractivity contribution in [3.63, 3.8) is 0 Å². The van der Waals surface area contributed by atoms with Gasteiger partial charge in [-0.25, -0.2) is 0 Å². The van der Waals surface area contributed by atoms with Gasteiger partial charge < -0.3 is 24.8 Å². The Bertz CT molecular complexity index is 2710. The third-order valence-corrected chi connectivity index (χ3v) is 15.6. The van der Waals surface area contributed by atoms with Crippen LogP contribution in [-0.2, 0) is 57.8 Å². The van der Waals surface area contributed by atoms with E-state index in [0.29, 0.717) is 0 Å². The number of hydrogen-bond acceptors (Lipinski definition) is 0. The fourth-order valence-corrected chi connectivity index (χ4v) is 10.6. The Morgan fingerprint density at radius 2 is 0.622 bits per heavy atom. The standard InChI is InChI=1S/2C34H39.C2H6Si.2ClH.Zr/c2*1-33(2,3)27-14-10-25(11-15-27)29-18-19-30(26-12-16-28(17-13-26)34(4,5)6)32-22-24(21-31(29)32)20-23-8-7-9-23;1-3-2;;;/h2*10-19,21-23H,7-9,20H2,1-6H3;1-2H3;2*1H;/q2*-1;;;;+2/p-2. The van der Waals surface area contributed by atoms with Crippen molar-refractivity contribution in [1.29, 1.82) is 0 Å². The van der Waals surface area contributed by atoms with Crippen molar-refractivity contribution in [3.05, 3.63) is 179 Å². The summed E-state index contributed by atoms with van der Waals surface area (Å²) in [6.45, 7) is 32.0. The van der Waals surface area contributed by atoms with Crippen LogP contribution in [0.3, 0.4) is 0 Å². The van der Waals surface area contributed by atoms with Gasteiger partial charge in [0.1, 0.15) is 0 Å². The molecule has 8 aromatic carbocycles. The zero-order valence-corrected chi connectivity index (χ0v) is 52.4. The number of rotatable bonds is 8. The van der Waals surface area contributed by atoms with E-state index < -0.39 is 0 Å². The van der Waals surface area contributed by atoms with Crippen LogP contribution in [-0.4, -0.2) is 5.43 Å². The van der Waals surface area contributed by atoms with E-state index in [1.54, 1.807) is 23.3 Å². The largest absolute Gasteiger partial charge is 1.00 e. The van der Waals surface area contributed by atoms with E-state index in [1.807, 2.05) is 0 Å². The van der Waals surface area contributed by atoms with Gasteiger partial charge in [0.2, 0.25) is 0 Å². The molecule has 2 aliphatic rings. The molecule has 0 amide bonds. The van der Waals surface area contributed by atoms with Crippen LogP contribution in [0.15, 0.2) is 146 Å². The summed E-state index contributed by atoms with van der Waals surface area (Å²) in [5, 5.41) is 5.59. The Labute approximate surface area is 475 Å². The first-order valence-electron chi connectivity index (χ1n) is 27.3. The maximum atomic E-state index is 2.48. The van der Waals surface area contributed by atoms with Crippen molar-refractivity contribution < 1.29 is 48.1 Å². The van der Waals surface area contributed by atoms with Crippen molar-refractivity contribution in [2.75, 3.05) is 0 Å². The van der Waals surface area contributed by atoms with Gasteiger partial charge in [0.25, 0.3) is 0 Å². The molecule has 0 saturated heterocycles. The van der Waals surface area contributed by atoms with E-state index in [2.05, 4.69) is 242 Å². The molecule has 4 heteroatoms. The molecule has 0 atom stereocenters. The van der Waals surface area contributed by atoms with E-state index in [-0.39, 0.29) is 51.9 Å².